The minimum atomic E-state index is 0.456. The third-order valence-corrected chi connectivity index (χ3v) is 7.99. The molecule has 0 saturated heterocycles. The number of nitriles is 2. The topological polar surface area (TPSA) is 57.4 Å². The van der Waals surface area contributed by atoms with E-state index in [0.29, 0.717) is 16.8 Å². The van der Waals surface area contributed by atoms with Gasteiger partial charge >= 0.3 is 0 Å². The van der Waals surface area contributed by atoms with E-state index in [1.807, 2.05) is 48.5 Å². The van der Waals surface area contributed by atoms with Gasteiger partial charge in [-0.3, -0.25) is 0 Å². The van der Waals surface area contributed by atoms with Crippen LogP contribution in [-0.4, -0.2) is 9.13 Å². The van der Waals surface area contributed by atoms with Gasteiger partial charge in [-0.15, -0.1) is 0 Å². The van der Waals surface area contributed by atoms with E-state index in [0.717, 1.165) is 60.1 Å². The molecule has 0 spiro atoms. The normalized spacial score (nSPS) is 11.4. The van der Waals surface area contributed by atoms with Gasteiger partial charge in [-0.05, 0) is 35.7 Å². The zero-order valence-electron chi connectivity index (χ0n) is 21.3. The van der Waals surface area contributed by atoms with Gasteiger partial charge in [-0.2, -0.15) is 10.5 Å². The van der Waals surface area contributed by atoms with Gasteiger partial charge in [-0.25, -0.2) is 0 Å². The number of rotatable bonds is 2. The summed E-state index contributed by atoms with van der Waals surface area (Å²) in [6.07, 6.45) is 0. The molecule has 40 heavy (non-hydrogen) atoms. The Balaban J connectivity index is 1.59. The van der Waals surface area contributed by atoms with Crippen molar-refractivity contribution in [2.75, 3.05) is 0 Å². The molecule has 0 amide bonds. The molecule has 0 aliphatic rings. The Kier molecular flexibility index (Phi) is 4.62. The lowest BCUT2D eigenvalue weighted by molar-refractivity contribution is 1.11. The molecule has 0 aliphatic heterocycles. The number of hydrogen-bond acceptors (Lipinski definition) is 2. The molecule has 8 rings (SSSR count). The summed E-state index contributed by atoms with van der Waals surface area (Å²) in [6.45, 7) is 0. The van der Waals surface area contributed by atoms with Crippen LogP contribution in [0.2, 0.25) is 0 Å². The van der Waals surface area contributed by atoms with Crippen LogP contribution in [0.3, 0.4) is 0 Å². The Morgan fingerprint density at radius 2 is 1.00 bits per heavy atom. The van der Waals surface area contributed by atoms with E-state index in [4.69, 9.17) is 0 Å². The van der Waals surface area contributed by atoms with E-state index in [1.54, 1.807) is 0 Å². The standard InChI is InChI=1S/C36H20N4/c37-21-24-18-20-34(30(22-38)35(24)39-31-14-6-3-11-26(31)27-12-4-7-15-32(27)39)40-33-16-8-5-13-28(33)29-19-17-23-9-1-2-10-25(23)36(29)40/h1-20H. The van der Waals surface area contributed by atoms with Gasteiger partial charge in [0.1, 0.15) is 17.7 Å². The quantitative estimate of drug-likeness (QED) is 0.234. The fourth-order valence-electron chi connectivity index (χ4n) is 6.34. The summed E-state index contributed by atoms with van der Waals surface area (Å²) in [4.78, 5) is 0. The summed E-state index contributed by atoms with van der Waals surface area (Å²) < 4.78 is 4.28. The number of benzene rings is 6. The molecule has 4 heteroatoms. The summed E-state index contributed by atoms with van der Waals surface area (Å²) >= 11 is 0. The molecule has 0 radical (unpaired) electrons. The Hall–Kier alpha value is -5.84. The summed E-state index contributed by atoms with van der Waals surface area (Å²) in [5.74, 6) is 0. The lowest BCUT2D eigenvalue weighted by Gasteiger charge is -2.17. The van der Waals surface area contributed by atoms with Crippen LogP contribution in [0, 0.1) is 22.7 Å². The number of para-hydroxylation sites is 3. The van der Waals surface area contributed by atoms with Crippen LogP contribution < -0.4 is 0 Å². The molecule has 6 aromatic carbocycles. The van der Waals surface area contributed by atoms with Crippen LogP contribution in [0.1, 0.15) is 11.1 Å². The Bertz CT molecular complexity index is 2350. The van der Waals surface area contributed by atoms with Gasteiger partial charge in [0.2, 0.25) is 0 Å². The maximum atomic E-state index is 10.8. The Morgan fingerprint density at radius 1 is 0.450 bits per heavy atom. The van der Waals surface area contributed by atoms with Crippen molar-refractivity contribution in [3.63, 3.8) is 0 Å². The molecular formula is C36H20N4. The molecule has 0 fully saturated rings. The van der Waals surface area contributed by atoms with Crippen molar-refractivity contribution in [2.24, 2.45) is 0 Å². The fraction of sp³-hybridized carbons (Fsp3) is 0. The fourth-order valence-corrected chi connectivity index (χ4v) is 6.34. The Morgan fingerprint density at radius 3 is 1.62 bits per heavy atom. The van der Waals surface area contributed by atoms with E-state index in [1.165, 1.54) is 0 Å². The molecule has 0 bridgehead atoms. The molecule has 184 valence electrons. The second-order valence-corrected chi connectivity index (χ2v) is 9.98. The van der Waals surface area contributed by atoms with E-state index in [2.05, 4.69) is 94.1 Å². The third-order valence-electron chi connectivity index (χ3n) is 7.99. The highest BCUT2D eigenvalue weighted by Crippen LogP contribution is 2.40. The van der Waals surface area contributed by atoms with Crippen molar-refractivity contribution in [3.05, 3.63) is 132 Å². The predicted octanol–water partition coefficient (Wildman–Crippen LogP) is 8.78. The summed E-state index contributed by atoms with van der Waals surface area (Å²) in [5, 5.41) is 27.8. The van der Waals surface area contributed by atoms with Crippen molar-refractivity contribution in [1.82, 2.24) is 9.13 Å². The van der Waals surface area contributed by atoms with Crippen molar-refractivity contribution in [2.45, 2.75) is 0 Å². The lowest BCUT2D eigenvalue weighted by atomic mass is 10.0. The van der Waals surface area contributed by atoms with Crippen LogP contribution in [-0.2, 0) is 0 Å². The average Bonchev–Trinajstić information content (AvgIpc) is 3.53. The first kappa shape index (κ1) is 22.2. The van der Waals surface area contributed by atoms with Crippen LogP contribution in [0.25, 0.3) is 65.8 Å². The molecule has 0 saturated carbocycles. The van der Waals surface area contributed by atoms with E-state index in [9.17, 15) is 10.5 Å². The molecular weight excluding hydrogens is 488 g/mol. The minimum Gasteiger partial charge on any atom is -0.307 e. The highest BCUT2D eigenvalue weighted by atomic mass is 15.0. The highest BCUT2D eigenvalue weighted by molar-refractivity contribution is 6.19. The number of aromatic nitrogens is 2. The zero-order chi connectivity index (χ0) is 26.8. The molecule has 0 N–H and O–H groups in total. The van der Waals surface area contributed by atoms with Crippen molar-refractivity contribution in [3.8, 4) is 23.5 Å². The number of fused-ring (bicyclic) bond motifs is 8. The summed E-state index contributed by atoms with van der Waals surface area (Å²) in [7, 11) is 0. The van der Waals surface area contributed by atoms with Gasteiger partial charge in [-0.1, -0.05) is 91.0 Å². The summed E-state index contributed by atoms with van der Waals surface area (Å²) in [5.41, 5.74) is 6.26. The van der Waals surface area contributed by atoms with Crippen molar-refractivity contribution < 1.29 is 0 Å². The molecule has 4 nitrogen and oxygen atoms in total. The highest BCUT2D eigenvalue weighted by Gasteiger charge is 2.23. The smallest absolute Gasteiger partial charge is 0.104 e. The van der Waals surface area contributed by atoms with Crippen LogP contribution in [0.15, 0.2) is 121 Å². The second-order valence-electron chi connectivity index (χ2n) is 9.98. The first-order valence-corrected chi connectivity index (χ1v) is 13.2. The first-order valence-electron chi connectivity index (χ1n) is 13.2. The van der Waals surface area contributed by atoms with Gasteiger partial charge in [0.25, 0.3) is 0 Å². The van der Waals surface area contributed by atoms with E-state index < -0.39 is 0 Å². The van der Waals surface area contributed by atoms with Crippen molar-refractivity contribution >= 4 is 54.4 Å². The molecule has 0 unspecified atom stereocenters. The van der Waals surface area contributed by atoms with E-state index >= 15 is 0 Å². The summed E-state index contributed by atoms with van der Waals surface area (Å²) in [6, 6.07) is 46.0. The first-order chi connectivity index (χ1) is 19.8. The lowest BCUT2D eigenvalue weighted by Crippen LogP contribution is -2.06. The van der Waals surface area contributed by atoms with Crippen LogP contribution in [0.5, 0.6) is 0 Å². The molecule has 0 atom stereocenters. The predicted molar refractivity (Wildman–Crippen MR) is 162 cm³/mol. The maximum Gasteiger partial charge on any atom is 0.104 e. The number of hydrogen-bond donors (Lipinski definition) is 0. The molecule has 0 aliphatic carbocycles. The van der Waals surface area contributed by atoms with Crippen molar-refractivity contribution in [1.29, 1.82) is 10.5 Å². The second kappa shape index (κ2) is 8.33. The molecule has 2 heterocycles. The third kappa shape index (κ3) is 2.88. The zero-order valence-corrected chi connectivity index (χ0v) is 21.3. The van der Waals surface area contributed by atoms with Crippen LogP contribution >= 0.6 is 0 Å². The Labute approximate surface area is 229 Å². The largest absolute Gasteiger partial charge is 0.307 e. The van der Waals surface area contributed by atoms with Gasteiger partial charge in [0.05, 0.1) is 39.0 Å². The molecule has 8 aromatic rings. The average molecular weight is 509 g/mol. The number of nitrogens with zero attached hydrogens (tertiary/aromatic N) is 4. The SMILES string of the molecule is N#Cc1ccc(-n2c3ccccc3c3ccc4ccccc4c32)c(C#N)c1-n1c2ccccc2c2ccccc21. The van der Waals surface area contributed by atoms with Gasteiger partial charge < -0.3 is 9.13 Å². The molecule has 2 aromatic heterocycles. The van der Waals surface area contributed by atoms with Gasteiger partial charge in [0.15, 0.2) is 0 Å². The monoisotopic (exact) mass is 508 g/mol. The van der Waals surface area contributed by atoms with Gasteiger partial charge in [0, 0.05) is 26.9 Å². The maximum absolute atomic E-state index is 10.8. The van der Waals surface area contributed by atoms with E-state index in [-0.39, 0.29) is 0 Å². The minimum absolute atomic E-state index is 0.456. The van der Waals surface area contributed by atoms with Crippen LogP contribution in [0.4, 0.5) is 0 Å².